The van der Waals surface area contributed by atoms with Crippen LogP contribution < -0.4 is 0 Å². The van der Waals surface area contributed by atoms with Gasteiger partial charge in [0.25, 0.3) is 0 Å². The number of pyridine rings is 1. The van der Waals surface area contributed by atoms with Gasteiger partial charge in [-0.3, -0.25) is 4.98 Å². The van der Waals surface area contributed by atoms with E-state index in [1.165, 1.54) is 6.08 Å². The zero-order chi connectivity index (χ0) is 12.3. The molecule has 1 aromatic heterocycles. The molecule has 0 saturated heterocycles. The summed E-state index contributed by atoms with van der Waals surface area (Å²) in [6, 6.07) is 10.5. The van der Waals surface area contributed by atoms with Gasteiger partial charge < -0.3 is 5.11 Å². The maximum Gasteiger partial charge on any atom is 0.127 e. The Morgan fingerprint density at radius 2 is 1.76 bits per heavy atom. The molecule has 17 heavy (non-hydrogen) atoms. The molecule has 0 bridgehead atoms. The normalized spacial score (nSPS) is 11.5. The Kier molecular flexibility index (Phi) is 3.67. The van der Waals surface area contributed by atoms with Gasteiger partial charge in [0.1, 0.15) is 5.76 Å². The Balaban J connectivity index is 2.44. The van der Waals surface area contributed by atoms with Crippen molar-refractivity contribution in [2.45, 2.75) is 0 Å². The molecule has 0 aliphatic carbocycles. The zero-order valence-corrected chi connectivity index (χ0v) is 10.3. The van der Waals surface area contributed by atoms with Gasteiger partial charge in [0.05, 0.1) is 21.3 Å². The molecule has 1 heterocycles. The lowest BCUT2D eigenvalue weighted by Crippen LogP contribution is -1.88. The number of aliphatic hydroxyl groups is 1. The highest BCUT2D eigenvalue weighted by Crippen LogP contribution is 2.30. The van der Waals surface area contributed by atoms with Crippen molar-refractivity contribution >= 4 is 35.0 Å². The Bertz CT molecular complexity index is 532. The van der Waals surface area contributed by atoms with Gasteiger partial charge in [-0.2, -0.15) is 0 Å². The van der Waals surface area contributed by atoms with Crippen molar-refractivity contribution in [2.24, 2.45) is 0 Å². The molecule has 2 rings (SSSR count). The predicted octanol–water partition coefficient (Wildman–Crippen LogP) is 4.44. The molecule has 0 aliphatic rings. The van der Waals surface area contributed by atoms with Crippen LogP contribution in [0.4, 0.5) is 0 Å². The highest BCUT2D eigenvalue weighted by atomic mass is 35.5. The molecule has 0 radical (unpaired) electrons. The first-order valence-corrected chi connectivity index (χ1v) is 5.70. The van der Waals surface area contributed by atoms with Gasteiger partial charge in [0.15, 0.2) is 0 Å². The lowest BCUT2D eigenvalue weighted by Gasteiger charge is -2.05. The van der Waals surface area contributed by atoms with Gasteiger partial charge in [0.2, 0.25) is 0 Å². The van der Waals surface area contributed by atoms with Crippen LogP contribution >= 0.6 is 23.2 Å². The molecule has 86 valence electrons. The smallest absolute Gasteiger partial charge is 0.127 e. The lowest BCUT2D eigenvalue weighted by molar-refractivity contribution is 0.515. The van der Waals surface area contributed by atoms with Crippen molar-refractivity contribution in [3.63, 3.8) is 0 Å². The van der Waals surface area contributed by atoms with Crippen LogP contribution in [0.2, 0.25) is 10.0 Å². The standard InChI is InChI=1S/C13H9Cl2NO/c14-10-5-3-6-11(15)13(10)12(17)8-9-4-1-2-7-16-9/h1-8,17H/b12-8+. The summed E-state index contributed by atoms with van der Waals surface area (Å²) < 4.78 is 0. The Morgan fingerprint density at radius 1 is 1.06 bits per heavy atom. The summed E-state index contributed by atoms with van der Waals surface area (Å²) in [6.07, 6.45) is 3.17. The van der Waals surface area contributed by atoms with Crippen molar-refractivity contribution in [1.29, 1.82) is 0 Å². The largest absolute Gasteiger partial charge is 0.507 e. The maximum atomic E-state index is 9.99. The summed E-state index contributed by atoms with van der Waals surface area (Å²) in [5, 5.41) is 10.8. The van der Waals surface area contributed by atoms with Crippen LogP contribution in [-0.2, 0) is 0 Å². The monoisotopic (exact) mass is 265 g/mol. The van der Waals surface area contributed by atoms with E-state index in [1.54, 1.807) is 36.5 Å². The van der Waals surface area contributed by atoms with Crippen molar-refractivity contribution < 1.29 is 5.11 Å². The van der Waals surface area contributed by atoms with E-state index in [2.05, 4.69) is 4.98 Å². The summed E-state index contributed by atoms with van der Waals surface area (Å²) in [4.78, 5) is 4.08. The molecule has 0 unspecified atom stereocenters. The second kappa shape index (κ2) is 5.21. The van der Waals surface area contributed by atoms with E-state index in [9.17, 15) is 5.11 Å². The third-order valence-corrected chi connectivity index (χ3v) is 2.82. The Morgan fingerprint density at radius 3 is 2.35 bits per heavy atom. The fourth-order valence-corrected chi connectivity index (χ4v) is 2.01. The van der Waals surface area contributed by atoms with Gasteiger partial charge >= 0.3 is 0 Å². The number of nitrogens with zero attached hydrogens (tertiary/aromatic N) is 1. The molecule has 0 fully saturated rings. The molecule has 2 aromatic rings. The van der Waals surface area contributed by atoms with Crippen molar-refractivity contribution in [3.8, 4) is 0 Å². The van der Waals surface area contributed by atoms with Crippen molar-refractivity contribution in [1.82, 2.24) is 4.98 Å². The SMILES string of the molecule is O/C(=C/c1ccccn1)c1c(Cl)cccc1Cl. The minimum Gasteiger partial charge on any atom is -0.507 e. The number of halogens is 2. The van der Waals surface area contributed by atoms with E-state index in [0.717, 1.165) is 0 Å². The first-order chi connectivity index (χ1) is 8.18. The Hall–Kier alpha value is -1.51. The van der Waals surface area contributed by atoms with Crippen LogP contribution in [0, 0.1) is 0 Å². The summed E-state index contributed by atoms with van der Waals surface area (Å²) in [7, 11) is 0. The highest BCUT2D eigenvalue weighted by molar-refractivity contribution is 6.37. The predicted molar refractivity (Wildman–Crippen MR) is 71.2 cm³/mol. The molecule has 1 N–H and O–H groups in total. The lowest BCUT2D eigenvalue weighted by atomic mass is 10.1. The van der Waals surface area contributed by atoms with Crippen molar-refractivity contribution in [2.75, 3.05) is 0 Å². The third-order valence-electron chi connectivity index (χ3n) is 2.19. The minimum atomic E-state index is -0.000648. The van der Waals surface area contributed by atoms with Crippen molar-refractivity contribution in [3.05, 3.63) is 63.9 Å². The summed E-state index contributed by atoms with van der Waals surface area (Å²) in [5.74, 6) is -0.000648. The zero-order valence-electron chi connectivity index (χ0n) is 8.77. The van der Waals surface area contributed by atoms with E-state index in [0.29, 0.717) is 21.3 Å². The fourth-order valence-electron chi connectivity index (χ4n) is 1.42. The number of hydrogen-bond acceptors (Lipinski definition) is 2. The maximum absolute atomic E-state index is 9.99. The number of aliphatic hydroxyl groups excluding tert-OH is 1. The van der Waals surface area contributed by atoms with Crippen LogP contribution in [0.25, 0.3) is 11.8 Å². The number of hydrogen-bond donors (Lipinski definition) is 1. The summed E-state index contributed by atoms with van der Waals surface area (Å²) in [6.45, 7) is 0. The van der Waals surface area contributed by atoms with Gasteiger partial charge in [-0.1, -0.05) is 35.3 Å². The summed E-state index contributed by atoms with van der Waals surface area (Å²) >= 11 is 12.0. The third kappa shape index (κ3) is 2.78. The highest BCUT2D eigenvalue weighted by Gasteiger charge is 2.09. The number of rotatable bonds is 2. The molecule has 0 atom stereocenters. The van der Waals surface area contributed by atoms with E-state index in [-0.39, 0.29) is 5.76 Å². The van der Waals surface area contributed by atoms with E-state index in [4.69, 9.17) is 23.2 Å². The molecule has 2 nitrogen and oxygen atoms in total. The van der Waals surface area contributed by atoms with Gasteiger partial charge in [-0.05, 0) is 24.3 Å². The fraction of sp³-hybridized carbons (Fsp3) is 0. The quantitative estimate of drug-likeness (QED) is 0.815. The van der Waals surface area contributed by atoms with Crippen LogP contribution in [0.3, 0.4) is 0 Å². The number of benzene rings is 1. The Labute approximate surface area is 109 Å². The first-order valence-electron chi connectivity index (χ1n) is 4.94. The van der Waals surface area contributed by atoms with Gasteiger partial charge in [0, 0.05) is 12.3 Å². The topological polar surface area (TPSA) is 33.1 Å². The van der Waals surface area contributed by atoms with E-state index < -0.39 is 0 Å². The van der Waals surface area contributed by atoms with Crippen LogP contribution in [0.1, 0.15) is 11.3 Å². The van der Waals surface area contributed by atoms with Gasteiger partial charge in [-0.25, -0.2) is 0 Å². The summed E-state index contributed by atoms with van der Waals surface area (Å²) in [5.41, 5.74) is 1.06. The molecule has 0 saturated carbocycles. The minimum absolute atomic E-state index is 0.000648. The van der Waals surface area contributed by atoms with Crippen LogP contribution in [0.5, 0.6) is 0 Å². The second-order valence-corrected chi connectivity index (χ2v) is 4.20. The van der Waals surface area contributed by atoms with Crippen LogP contribution in [0.15, 0.2) is 42.6 Å². The van der Waals surface area contributed by atoms with E-state index >= 15 is 0 Å². The molecule has 0 amide bonds. The first kappa shape index (κ1) is 12.0. The van der Waals surface area contributed by atoms with Gasteiger partial charge in [-0.15, -0.1) is 0 Å². The van der Waals surface area contributed by atoms with E-state index in [1.807, 2.05) is 6.07 Å². The number of aromatic nitrogens is 1. The average molecular weight is 266 g/mol. The molecule has 0 spiro atoms. The molecular weight excluding hydrogens is 257 g/mol. The molecule has 0 aliphatic heterocycles. The molecule has 4 heteroatoms. The molecular formula is C13H9Cl2NO. The van der Waals surface area contributed by atoms with Crippen LogP contribution in [-0.4, -0.2) is 10.1 Å². The second-order valence-electron chi connectivity index (χ2n) is 3.38. The molecule has 1 aromatic carbocycles. The average Bonchev–Trinajstić information content (AvgIpc) is 2.30.